The van der Waals surface area contributed by atoms with Crippen LogP contribution in [0.2, 0.25) is 0 Å². The molecule has 1 fully saturated rings. The number of carbonyl (C=O) groups excluding carboxylic acids is 1. The molecule has 0 radical (unpaired) electrons. The second kappa shape index (κ2) is 7.14. The smallest absolute Gasteiger partial charge is 0.261 e. The van der Waals surface area contributed by atoms with Gasteiger partial charge in [-0.15, -0.1) is 11.3 Å². The van der Waals surface area contributed by atoms with Crippen LogP contribution >= 0.6 is 11.3 Å². The molecule has 1 aromatic heterocycles. The van der Waals surface area contributed by atoms with E-state index in [2.05, 4.69) is 12.1 Å². The first kappa shape index (κ1) is 16.6. The zero-order valence-electron chi connectivity index (χ0n) is 14.1. The first-order chi connectivity index (χ1) is 12.7. The second-order valence-corrected chi connectivity index (χ2v) is 7.25. The first-order valence-corrected chi connectivity index (χ1v) is 9.34. The highest BCUT2D eigenvalue weighted by atomic mass is 32.1. The van der Waals surface area contributed by atoms with Gasteiger partial charge in [0.25, 0.3) is 5.91 Å². The number of ether oxygens (including phenoxy) is 1. The van der Waals surface area contributed by atoms with Crippen molar-refractivity contribution >= 4 is 27.5 Å². The number of nitriles is 1. The van der Waals surface area contributed by atoms with Gasteiger partial charge in [0.05, 0.1) is 27.9 Å². The molecule has 26 heavy (non-hydrogen) atoms. The molecule has 130 valence electrons. The minimum Gasteiger partial charge on any atom is -0.484 e. The first-order valence-electron chi connectivity index (χ1n) is 8.52. The number of amides is 1. The number of rotatable bonds is 4. The Morgan fingerprint density at radius 2 is 2.08 bits per heavy atom. The summed E-state index contributed by atoms with van der Waals surface area (Å²) in [6.45, 7) is 0.726. The van der Waals surface area contributed by atoms with Gasteiger partial charge in [-0.05, 0) is 49.2 Å². The van der Waals surface area contributed by atoms with Crippen LogP contribution in [0.15, 0.2) is 48.5 Å². The van der Waals surface area contributed by atoms with Crippen molar-refractivity contribution in [2.75, 3.05) is 13.2 Å². The normalized spacial score (nSPS) is 16.6. The second-order valence-electron chi connectivity index (χ2n) is 6.19. The highest BCUT2D eigenvalue weighted by molar-refractivity contribution is 7.18. The minimum absolute atomic E-state index is 0.00665. The number of thiazole rings is 1. The molecule has 1 aliphatic heterocycles. The molecule has 4 rings (SSSR count). The van der Waals surface area contributed by atoms with E-state index in [1.807, 2.05) is 23.1 Å². The standard InChI is InChI=1S/C20H17N3O2S/c21-12-14-7-9-15(10-8-14)25-13-19(24)23-11-3-5-17(23)20-22-16-4-1-2-6-18(16)26-20/h1-2,4,6-10,17H,3,5,11,13H2/t17-/m0/s1. The van der Waals surface area contributed by atoms with Crippen LogP contribution in [0.25, 0.3) is 10.2 Å². The average Bonchev–Trinajstić information content (AvgIpc) is 3.32. The maximum atomic E-state index is 12.7. The monoisotopic (exact) mass is 363 g/mol. The fourth-order valence-electron chi connectivity index (χ4n) is 3.21. The number of carbonyl (C=O) groups is 1. The van der Waals surface area contributed by atoms with Crippen LogP contribution < -0.4 is 4.74 Å². The van der Waals surface area contributed by atoms with E-state index in [9.17, 15) is 4.79 Å². The Balaban J connectivity index is 1.45. The topological polar surface area (TPSA) is 66.2 Å². The number of hydrogen-bond donors (Lipinski definition) is 0. The zero-order chi connectivity index (χ0) is 17.9. The fourth-order valence-corrected chi connectivity index (χ4v) is 4.32. The van der Waals surface area contributed by atoms with E-state index in [1.54, 1.807) is 35.6 Å². The molecule has 2 aromatic carbocycles. The Morgan fingerprint density at radius 3 is 2.85 bits per heavy atom. The molecule has 2 heterocycles. The van der Waals surface area contributed by atoms with Gasteiger partial charge in [0.15, 0.2) is 6.61 Å². The quantitative estimate of drug-likeness (QED) is 0.705. The molecule has 0 N–H and O–H groups in total. The third-order valence-corrected chi connectivity index (χ3v) is 5.65. The summed E-state index contributed by atoms with van der Waals surface area (Å²) < 4.78 is 6.75. The number of nitrogens with zero attached hydrogens (tertiary/aromatic N) is 3. The van der Waals surface area contributed by atoms with E-state index >= 15 is 0 Å². The van der Waals surface area contributed by atoms with Crippen molar-refractivity contribution in [3.8, 4) is 11.8 Å². The van der Waals surface area contributed by atoms with Crippen LogP contribution in [0.1, 0.15) is 29.5 Å². The van der Waals surface area contributed by atoms with Gasteiger partial charge in [-0.25, -0.2) is 4.98 Å². The summed E-state index contributed by atoms with van der Waals surface area (Å²) in [5.41, 5.74) is 1.56. The molecule has 1 aliphatic rings. The Bertz CT molecular complexity index is 942. The van der Waals surface area contributed by atoms with Gasteiger partial charge in [0, 0.05) is 6.54 Å². The molecule has 5 nitrogen and oxygen atoms in total. The summed E-state index contributed by atoms with van der Waals surface area (Å²) in [5, 5.41) is 9.82. The molecule has 0 unspecified atom stereocenters. The van der Waals surface area contributed by atoms with Crippen molar-refractivity contribution in [2.45, 2.75) is 18.9 Å². The predicted octanol–water partition coefficient (Wildman–Crippen LogP) is 3.91. The average molecular weight is 363 g/mol. The van der Waals surface area contributed by atoms with Gasteiger partial charge in [-0.1, -0.05) is 12.1 Å². The summed E-state index contributed by atoms with van der Waals surface area (Å²) in [6.07, 6.45) is 1.91. The Hall–Kier alpha value is -2.91. The van der Waals surface area contributed by atoms with Crippen molar-refractivity contribution in [1.29, 1.82) is 5.26 Å². The Morgan fingerprint density at radius 1 is 1.27 bits per heavy atom. The molecular formula is C20H17N3O2S. The van der Waals surface area contributed by atoms with Crippen LogP contribution in [0.3, 0.4) is 0 Å². The minimum atomic E-state index is -0.0314. The molecule has 0 aliphatic carbocycles. The molecule has 1 amide bonds. The Labute approximate surface area is 155 Å². The van der Waals surface area contributed by atoms with Gasteiger partial charge in [-0.2, -0.15) is 5.26 Å². The molecular weight excluding hydrogens is 346 g/mol. The largest absolute Gasteiger partial charge is 0.484 e. The lowest BCUT2D eigenvalue weighted by Gasteiger charge is -2.23. The van der Waals surface area contributed by atoms with Crippen LogP contribution in [0, 0.1) is 11.3 Å². The number of para-hydroxylation sites is 1. The SMILES string of the molecule is N#Cc1ccc(OCC(=O)N2CCC[C@H]2c2nc3ccccc3s2)cc1. The van der Waals surface area contributed by atoms with Gasteiger partial charge >= 0.3 is 0 Å². The van der Waals surface area contributed by atoms with Crippen LogP contribution in [0.5, 0.6) is 5.75 Å². The highest BCUT2D eigenvalue weighted by Crippen LogP contribution is 2.36. The van der Waals surface area contributed by atoms with Gasteiger partial charge in [0.2, 0.25) is 0 Å². The third kappa shape index (κ3) is 3.26. The highest BCUT2D eigenvalue weighted by Gasteiger charge is 2.32. The van der Waals surface area contributed by atoms with Gasteiger partial charge in [0.1, 0.15) is 10.8 Å². The van der Waals surface area contributed by atoms with E-state index in [4.69, 9.17) is 15.0 Å². The van der Waals surface area contributed by atoms with Crippen molar-refractivity contribution < 1.29 is 9.53 Å². The van der Waals surface area contributed by atoms with Gasteiger partial charge in [-0.3, -0.25) is 4.79 Å². The Kier molecular flexibility index (Phi) is 4.55. The molecule has 1 saturated heterocycles. The summed E-state index contributed by atoms with van der Waals surface area (Å²) in [7, 11) is 0. The summed E-state index contributed by atoms with van der Waals surface area (Å²) in [5.74, 6) is 0.559. The van der Waals surface area contributed by atoms with E-state index in [1.165, 1.54) is 0 Å². The zero-order valence-corrected chi connectivity index (χ0v) is 14.9. The fraction of sp³-hybridized carbons (Fsp3) is 0.250. The number of fused-ring (bicyclic) bond motifs is 1. The van der Waals surface area contributed by atoms with Crippen molar-refractivity contribution in [3.05, 3.63) is 59.1 Å². The number of likely N-dealkylation sites (tertiary alicyclic amines) is 1. The molecule has 0 spiro atoms. The number of benzene rings is 2. The van der Waals surface area contributed by atoms with Crippen LogP contribution in [-0.2, 0) is 4.79 Å². The summed E-state index contributed by atoms with van der Waals surface area (Å²) in [6, 6.07) is 16.9. The lowest BCUT2D eigenvalue weighted by molar-refractivity contribution is -0.134. The van der Waals surface area contributed by atoms with E-state index in [0.717, 1.165) is 34.6 Å². The van der Waals surface area contributed by atoms with Gasteiger partial charge < -0.3 is 9.64 Å². The van der Waals surface area contributed by atoms with E-state index in [0.29, 0.717) is 11.3 Å². The maximum absolute atomic E-state index is 12.7. The van der Waals surface area contributed by atoms with Crippen molar-refractivity contribution in [3.63, 3.8) is 0 Å². The predicted molar refractivity (Wildman–Crippen MR) is 100.0 cm³/mol. The van der Waals surface area contributed by atoms with Crippen LogP contribution in [-0.4, -0.2) is 28.9 Å². The maximum Gasteiger partial charge on any atom is 0.261 e. The summed E-state index contributed by atoms with van der Waals surface area (Å²) >= 11 is 1.66. The molecule has 0 bridgehead atoms. The van der Waals surface area contributed by atoms with Crippen molar-refractivity contribution in [1.82, 2.24) is 9.88 Å². The molecule has 0 saturated carbocycles. The van der Waals surface area contributed by atoms with Crippen molar-refractivity contribution in [2.24, 2.45) is 0 Å². The lowest BCUT2D eigenvalue weighted by atomic mass is 10.2. The number of hydrogen-bond acceptors (Lipinski definition) is 5. The van der Waals surface area contributed by atoms with E-state index < -0.39 is 0 Å². The molecule has 3 aromatic rings. The molecule has 1 atom stereocenters. The number of aromatic nitrogens is 1. The molecule has 6 heteroatoms. The van der Waals surface area contributed by atoms with Crippen LogP contribution in [0.4, 0.5) is 0 Å². The van der Waals surface area contributed by atoms with E-state index in [-0.39, 0.29) is 18.6 Å². The third-order valence-electron chi connectivity index (χ3n) is 4.51. The summed E-state index contributed by atoms with van der Waals surface area (Å²) in [4.78, 5) is 19.3. The lowest BCUT2D eigenvalue weighted by Crippen LogP contribution is -2.34.